The van der Waals surface area contributed by atoms with Gasteiger partial charge in [0.25, 0.3) is 0 Å². The minimum atomic E-state index is 0.298. The first-order valence-electron chi connectivity index (χ1n) is 11.5. The van der Waals surface area contributed by atoms with E-state index in [1.54, 1.807) is 0 Å². The second-order valence-corrected chi connectivity index (χ2v) is 8.55. The van der Waals surface area contributed by atoms with Crippen LogP contribution in [0.5, 0.6) is 17.2 Å². The Morgan fingerprint density at radius 1 is 0.938 bits per heavy atom. The molecule has 0 saturated carbocycles. The van der Waals surface area contributed by atoms with Gasteiger partial charge in [0.2, 0.25) is 6.79 Å². The predicted molar refractivity (Wildman–Crippen MR) is 128 cm³/mol. The number of hydrogen-bond donors (Lipinski definition) is 0. The van der Waals surface area contributed by atoms with E-state index >= 15 is 0 Å². The van der Waals surface area contributed by atoms with Gasteiger partial charge < -0.3 is 14.2 Å². The van der Waals surface area contributed by atoms with Gasteiger partial charge in [-0.1, -0.05) is 36.4 Å². The quantitative estimate of drug-likeness (QED) is 0.419. The molecule has 1 unspecified atom stereocenters. The number of benzene rings is 3. The highest BCUT2D eigenvalue weighted by Gasteiger charge is 2.19. The van der Waals surface area contributed by atoms with Crippen molar-refractivity contribution in [2.75, 3.05) is 13.3 Å². The van der Waals surface area contributed by atoms with E-state index in [1.807, 2.05) is 25.3 Å². The maximum atomic E-state index is 6.11. The average molecular weight is 428 g/mol. The van der Waals surface area contributed by atoms with Crippen molar-refractivity contribution in [2.45, 2.75) is 39.2 Å². The van der Waals surface area contributed by atoms with Gasteiger partial charge in [-0.25, -0.2) is 0 Å². The zero-order valence-corrected chi connectivity index (χ0v) is 18.5. The lowest BCUT2D eigenvalue weighted by Gasteiger charge is -2.24. The van der Waals surface area contributed by atoms with Crippen LogP contribution in [0.2, 0.25) is 0 Å². The fourth-order valence-electron chi connectivity index (χ4n) is 4.57. The molecule has 1 aliphatic carbocycles. The van der Waals surface area contributed by atoms with Crippen molar-refractivity contribution in [1.82, 2.24) is 0 Å². The van der Waals surface area contributed by atoms with Crippen LogP contribution in [0.3, 0.4) is 0 Å². The summed E-state index contributed by atoms with van der Waals surface area (Å²) in [6.07, 6.45) is 6.64. The Hall–Kier alpha value is -3.27. The molecule has 5 rings (SSSR count). The van der Waals surface area contributed by atoms with E-state index in [4.69, 9.17) is 14.2 Å². The molecule has 0 spiro atoms. The van der Waals surface area contributed by atoms with E-state index in [2.05, 4.69) is 53.5 Å². The van der Waals surface area contributed by atoms with Gasteiger partial charge in [-0.3, -0.25) is 4.99 Å². The van der Waals surface area contributed by atoms with Gasteiger partial charge in [-0.15, -0.1) is 0 Å². The Balaban J connectivity index is 1.18. The monoisotopic (exact) mass is 427 g/mol. The number of fused-ring (bicyclic) bond motifs is 2. The molecule has 1 heterocycles. The second kappa shape index (κ2) is 9.47. The largest absolute Gasteiger partial charge is 0.489 e. The number of aryl methyl sites for hydroxylation is 1. The Morgan fingerprint density at radius 3 is 2.66 bits per heavy atom. The minimum absolute atomic E-state index is 0.298. The molecule has 4 nitrogen and oxygen atoms in total. The summed E-state index contributed by atoms with van der Waals surface area (Å²) in [6, 6.07) is 21.2. The zero-order chi connectivity index (χ0) is 21.8. The van der Waals surface area contributed by atoms with E-state index in [9.17, 15) is 0 Å². The Labute approximate surface area is 189 Å². The van der Waals surface area contributed by atoms with Crippen molar-refractivity contribution < 1.29 is 14.2 Å². The summed E-state index contributed by atoms with van der Waals surface area (Å²) in [5.74, 6) is 3.33. The Morgan fingerprint density at radius 2 is 1.78 bits per heavy atom. The van der Waals surface area contributed by atoms with E-state index in [0.29, 0.717) is 13.4 Å². The number of aliphatic imine (C=N–C) groups is 1. The first-order chi connectivity index (χ1) is 15.8. The molecule has 2 aliphatic rings. The number of rotatable bonds is 7. The highest BCUT2D eigenvalue weighted by molar-refractivity contribution is 5.67. The minimum Gasteiger partial charge on any atom is -0.489 e. The van der Waals surface area contributed by atoms with Gasteiger partial charge in [0.05, 0.1) is 0 Å². The van der Waals surface area contributed by atoms with Crippen molar-refractivity contribution >= 4 is 6.21 Å². The second-order valence-electron chi connectivity index (χ2n) is 8.55. The molecule has 164 valence electrons. The van der Waals surface area contributed by atoms with Crippen molar-refractivity contribution in [1.29, 1.82) is 0 Å². The number of nitrogens with zero attached hydrogens (tertiary/aromatic N) is 1. The molecule has 0 saturated heterocycles. The van der Waals surface area contributed by atoms with Gasteiger partial charge in [-0.05, 0) is 96.8 Å². The fourth-order valence-corrected chi connectivity index (χ4v) is 4.57. The van der Waals surface area contributed by atoms with Crippen molar-refractivity contribution in [3.8, 4) is 28.4 Å². The van der Waals surface area contributed by atoms with Crippen LogP contribution >= 0.6 is 0 Å². The smallest absolute Gasteiger partial charge is 0.231 e. The highest BCUT2D eigenvalue weighted by Crippen LogP contribution is 2.36. The molecule has 3 aromatic carbocycles. The van der Waals surface area contributed by atoms with Crippen LogP contribution in [0.1, 0.15) is 36.5 Å². The molecule has 0 fully saturated rings. The normalized spacial score (nSPS) is 16.8. The maximum absolute atomic E-state index is 6.11. The van der Waals surface area contributed by atoms with Crippen LogP contribution in [-0.4, -0.2) is 19.6 Å². The van der Waals surface area contributed by atoms with Gasteiger partial charge in [-0.2, -0.15) is 0 Å². The van der Waals surface area contributed by atoms with Crippen molar-refractivity contribution in [2.24, 2.45) is 10.9 Å². The fraction of sp³-hybridized carbons (Fsp3) is 0.321. The summed E-state index contributed by atoms with van der Waals surface area (Å²) in [6.45, 7) is 3.81. The molecular formula is C28H29NO3. The van der Waals surface area contributed by atoms with Crippen molar-refractivity contribution in [3.63, 3.8) is 0 Å². The number of hydrogen-bond acceptors (Lipinski definition) is 4. The SMILES string of the molecule is C/C=N/CCC1CCc2cc(OCc3ccc(-c4ccc5c(c4)OCO5)cc3)ccc2C1. The Bertz CT molecular complexity index is 1100. The molecule has 32 heavy (non-hydrogen) atoms. The van der Waals surface area contributed by atoms with Crippen LogP contribution in [0.4, 0.5) is 0 Å². The van der Waals surface area contributed by atoms with Crippen molar-refractivity contribution in [3.05, 3.63) is 77.4 Å². The lowest BCUT2D eigenvalue weighted by atomic mass is 9.82. The predicted octanol–water partition coefficient (Wildman–Crippen LogP) is 6.25. The molecule has 1 atom stereocenters. The molecular weight excluding hydrogens is 398 g/mol. The maximum Gasteiger partial charge on any atom is 0.231 e. The summed E-state index contributed by atoms with van der Waals surface area (Å²) < 4.78 is 17.0. The highest BCUT2D eigenvalue weighted by atomic mass is 16.7. The lowest BCUT2D eigenvalue weighted by Crippen LogP contribution is -2.15. The summed E-state index contributed by atoms with van der Waals surface area (Å²) in [4.78, 5) is 4.37. The van der Waals surface area contributed by atoms with Gasteiger partial charge in [0.15, 0.2) is 11.5 Å². The molecule has 0 bridgehead atoms. The molecule has 4 heteroatoms. The number of ether oxygens (including phenoxy) is 3. The van der Waals surface area contributed by atoms with Gasteiger partial charge in [0, 0.05) is 6.54 Å². The van der Waals surface area contributed by atoms with E-state index in [-0.39, 0.29) is 0 Å². The first kappa shape index (κ1) is 20.6. The summed E-state index contributed by atoms with van der Waals surface area (Å²) in [7, 11) is 0. The van der Waals surface area contributed by atoms with E-state index < -0.39 is 0 Å². The van der Waals surface area contributed by atoms with E-state index in [1.165, 1.54) is 24.0 Å². The lowest BCUT2D eigenvalue weighted by molar-refractivity contribution is 0.174. The van der Waals surface area contributed by atoms with E-state index in [0.717, 1.165) is 59.2 Å². The molecule has 1 aliphatic heterocycles. The van der Waals surface area contributed by atoms with Crippen LogP contribution in [-0.2, 0) is 19.4 Å². The standard InChI is InChI=1S/C28H29NO3/c1-2-29-14-13-20-3-8-24-16-26(11-9-23(24)15-20)30-18-21-4-6-22(7-5-21)25-10-12-27-28(17-25)32-19-31-27/h2,4-7,9-12,16-17,20H,3,8,13-15,18-19H2,1H3/b29-2+. The summed E-state index contributed by atoms with van der Waals surface area (Å²) >= 11 is 0. The van der Waals surface area contributed by atoms with Crippen LogP contribution in [0.25, 0.3) is 11.1 Å². The Kier molecular flexibility index (Phi) is 6.11. The third kappa shape index (κ3) is 4.64. The molecule has 0 radical (unpaired) electrons. The first-order valence-corrected chi connectivity index (χ1v) is 11.5. The zero-order valence-electron chi connectivity index (χ0n) is 18.5. The van der Waals surface area contributed by atoms with Gasteiger partial charge >= 0.3 is 0 Å². The molecule has 0 N–H and O–H groups in total. The van der Waals surface area contributed by atoms with Gasteiger partial charge in [0.1, 0.15) is 12.4 Å². The van der Waals surface area contributed by atoms with Crippen LogP contribution in [0, 0.1) is 5.92 Å². The third-order valence-corrected chi connectivity index (χ3v) is 6.42. The molecule has 3 aromatic rings. The summed E-state index contributed by atoms with van der Waals surface area (Å²) in [5, 5.41) is 0. The van der Waals surface area contributed by atoms with Crippen LogP contribution < -0.4 is 14.2 Å². The molecule has 0 aromatic heterocycles. The third-order valence-electron chi connectivity index (χ3n) is 6.42. The van der Waals surface area contributed by atoms with Crippen LogP contribution in [0.15, 0.2) is 65.7 Å². The average Bonchev–Trinajstić information content (AvgIpc) is 3.31. The topological polar surface area (TPSA) is 40.0 Å². The summed E-state index contributed by atoms with van der Waals surface area (Å²) in [5.41, 5.74) is 6.35. The molecule has 0 amide bonds.